The average Bonchev–Trinajstić information content (AvgIpc) is 3.97. The molecule has 0 aromatic heterocycles. The average molecular weight is 1340 g/mol. The molecule has 0 saturated heterocycles. The molecule has 2 saturated carbocycles. The Morgan fingerprint density at radius 3 is 1.55 bits per heavy atom. The van der Waals surface area contributed by atoms with E-state index in [1.165, 1.54) is 24.3 Å². The molecule has 0 bridgehead atoms. The Morgan fingerprint density at radius 1 is 0.641 bits per heavy atom. The molecule has 2 aliphatic carbocycles. The predicted octanol–water partition coefficient (Wildman–Crippen LogP) is 19.3. The van der Waals surface area contributed by atoms with E-state index in [1.54, 1.807) is 0 Å². The molecule has 6 nitrogen and oxygen atoms in total. The number of rotatable bonds is 10. The van der Waals surface area contributed by atoms with E-state index in [4.69, 9.17) is 79.1 Å². The number of hydrogen-bond donors (Lipinski definition) is 0. The summed E-state index contributed by atoms with van der Waals surface area (Å²) in [6, 6.07) is 10.4. The highest BCUT2D eigenvalue weighted by atomic mass is 79.9. The first-order valence-electron chi connectivity index (χ1n) is 25.2. The van der Waals surface area contributed by atoms with Gasteiger partial charge in [0.15, 0.2) is 0 Å². The summed E-state index contributed by atoms with van der Waals surface area (Å²) >= 11 is 42.9. The molecule has 4 aromatic rings. The molecule has 0 radical (unpaired) electrons. The molecule has 4 aliphatic rings. The van der Waals surface area contributed by atoms with Gasteiger partial charge in [-0.1, -0.05) is 136 Å². The molecule has 0 spiro atoms. The van der Waals surface area contributed by atoms with Crippen molar-refractivity contribution in [2.45, 2.75) is 121 Å². The third-order valence-corrected chi connectivity index (χ3v) is 19.5. The zero-order chi connectivity index (χ0) is 57.7. The summed E-state index contributed by atoms with van der Waals surface area (Å²) in [6.45, 7) is 11.3. The van der Waals surface area contributed by atoms with Crippen molar-refractivity contribution >= 4 is 125 Å². The van der Waals surface area contributed by atoms with Crippen molar-refractivity contribution in [1.82, 2.24) is 0 Å². The van der Waals surface area contributed by atoms with Crippen LogP contribution in [0.15, 0.2) is 79.6 Å². The lowest BCUT2D eigenvalue weighted by Gasteiger charge is -2.40. The van der Waals surface area contributed by atoms with Crippen LogP contribution in [0.25, 0.3) is 0 Å². The minimum atomic E-state index is -5.01. The number of benzene rings is 4. The summed E-state index contributed by atoms with van der Waals surface area (Å²) in [6.07, 6.45) is -5.76. The third kappa shape index (κ3) is 12.5. The van der Waals surface area contributed by atoms with Crippen molar-refractivity contribution < 1.29 is 54.2 Å². The zero-order valence-corrected chi connectivity index (χ0v) is 50.4. The Labute approximate surface area is 494 Å². The summed E-state index contributed by atoms with van der Waals surface area (Å²) in [5.41, 5.74) is -6.27. The van der Waals surface area contributed by atoms with Gasteiger partial charge in [-0.25, -0.2) is 8.78 Å². The Morgan fingerprint density at radius 2 is 1.10 bits per heavy atom. The van der Waals surface area contributed by atoms with Crippen LogP contribution in [-0.2, 0) is 29.9 Å². The van der Waals surface area contributed by atoms with Crippen molar-refractivity contribution in [3.05, 3.63) is 134 Å². The van der Waals surface area contributed by atoms with E-state index >= 15 is 26.3 Å². The fraction of sp³-hybridized carbons (Fsp3) is 0.500. The first-order chi connectivity index (χ1) is 36.3. The fourth-order valence-corrected chi connectivity index (χ4v) is 13.6. The van der Waals surface area contributed by atoms with Crippen molar-refractivity contribution in [2.75, 3.05) is 6.54 Å². The van der Waals surface area contributed by atoms with Gasteiger partial charge in [-0.15, -0.1) is 0 Å². The molecule has 11 atom stereocenters. The zero-order valence-electron chi connectivity index (χ0n) is 42.7. The second-order valence-electron chi connectivity index (χ2n) is 21.6. The monoisotopic (exact) mass is 1340 g/mol. The number of hydrogen-bond acceptors (Lipinski definition) is 6. The van der Waals surface area contributed by atoms with Crippen LogP contribution in [0, 0.1) is 59.0 Å². The van der Waals surface area contributed by atoms with E-state index in [2.05, 4.69) is 41.8 Å². The molecule has 2 fully saturated rings. The molecule has 4 aromatic carbocycles. The van der Waals surface area contributed by atoms with Gasteiger partial charge >= 0.3 is 24.3 Å². The topological polar surface area (TPSA) is 77.3 Å². The van der Waals surface area contributed by atoms with Gasteiger partial charge in [0.05, 0.1) is 57.4 Å². The lowest BCUT2D eigenvalue weighted by atomic mass is 9.68. The van der Waals surface area contributed by atoms with Crippen molar-refractivity contribution in [3.63, 3.8) is 0 Å². The maximum Gasteiger partial charge on any atom is 0.404 e. The summed E-state index contributed by atoms with van der Waals surface area (Å²) < 4.78 is 132. The summed E-state index contributed by atoms with van der Waals surface area (Å²) in [5, 5.41) is -0.975. The van der Waals surface area contributed by atoms with Crippen LogP contribution < -0.4 is 0 Å². The van der Waals surface area contributed by atoms with Crippen molar-refractivity contribution in [2.24, 2.45) is 57.3 Å². The Balaban J connectivity index is 0.000000226. The minimum Gasteiger partial charge on any atom is -0.462 e. The second-order valence-corrected chi connectivity index (χ2v) is 25.7. The maximum absolute atomic E-state index is 15.3. The highest BCUT2D eigenvalue weighted by molar-refractivity contribution is 9.10. The highest BCUT2D eigenvalue weighted by Crippen LogP contribution is 2.57. The van der Waals surface area contributed by atoms with Crippen LogP contribution in [0.4, 0.5) is 35.1 Å². The minimum absolute atomic E-state index is 0.00518. The van der Waals surface area contributed by atoms with Gasteiger partial charge in [0.1, 0.15) is 46.5 Å². The number of halogens is 16. The molecule has 2 aliphatic heterocycles. The van der Waals surface area contributed by atoms with Gasteiger partial charge in [0.2, 0.25) is 0 Å². The molecular formula is C56H54Br2Cl6F8N2O4. The van der Waals surface area contributed by atoms with Crippen LogP contribution in [0.2, 0.25) is 30.1 Å². The number of carbonyl (C=O) groups excluding carboxylic acids is 2. The first-order valence-corrected chi connectivity index (χ1v) is 29.0. The molecule has 8 rings (SSSR count). The molecular weight excluding hydrogens is 1290 g/mol. The van der Waals surface area contributed by atoms with E-state index in [0.29, 0.717) is 12.8 Å². The summed E-state index contributed by atoms with van der Waals surface area (Å²) in [7, 11) is 0. The van der Waals surface area contributed by atoms with E-state index in [-0.39, 0.29) is 103 Å². The quantitative estimate of drug-likeness (QED) is 0.0900. The van der Waals surface area contributed by atoms with E-state index in [0.717, 1.165) is 68.3 Å². The van der Waals surface area contributed by atoms with Crippen LogP contribution in [0.1, 0.15) is 108 Å². The van der Waals surface area contributed by atoms with Gasteiger partial charge in [0.25, 0.3) is 0 Å². The molecule has 78 heavy (non-hydrogen) atoms. The number of alkyl halides is 6. The first kappa shape index (κ1) is 62.9. The fourth-order valence-electron chi connectivity index (χ4n) is 11.6. The number of nitrogens with zero attached hydrogens (tertiary/aromatic N) is 2. The molecule has 5 unspecified atom stereocenters. The summed E-state index contributed by atoms with van der Waals surface area (Å²) in [5.74, 6) is -6.20. The normalized spacial score (nSPS) is 28.4. The van der Waals surface area contributed by atoms with Crippen LogP contribution in [-0.4, -0.2) is 55.0 Å². The van der Waals surface area contributed by atoms with E-state index in [1.807, 2.05) is 41.5 Å². The second kappa shape index (κ2) is 24.6. The number of carbonyl (C=O) groups is 2. The SMILES string of the molecule is CC(C)[C@@H]1CC[C@@H](C)C[C@H]1OC(=O)C1C(c2ccc(F)c(Br)c2)=NCC1(c1cc(Cl)c(Cl)c(Cl)c1)C(F)(F)F.CC(C)[C@@H]1CC[C@@H](C)C[C@H]1OC(=O)C1C(c2ccc(F)c(Br)c2)N=CC1(c1cc(Cl)c(Cl)c(Cl)c1)C(F)(F)F. The summed E-state index contributed by atoms with van der Waals surface area (Å²) in [4.78, 5) is 36.5. The van der Waals surface area contributed by atoms with Crippen molar-refractivity contribution in [3.8, 4) is 0 Å². The van der Waals surface area contributed by atoms with Gasteiger partial charge in [-0.05, 0) is 164 Å². The van der Waals surface area contributed by atoms with Gasteiger partial charge in [-0.3, -0.25) is 19.6 Å². The van der Waals surface area contributed by atoms with Gasteiger partial charge < -0.3 is 9.47 Å². The van der Waals surface area contributed by atoms with Crippen LogP contribution in [0.3, 0.4) is 0 Å². The van der Waals surface area contributed by atoms with E-state index in [9.17, 15) is 18.4 Å². The molecule has 0 N–H and O–H groups in total. The van der Waals surface area contributed by atoms with Crippen molar-refractivity contribution in [1.29, 1.82) is 0 Å². The largest absolute Gasteiger partial charge is 0.462 e. The lowest BCUT2D eigenvalue weighted by Crippen LogP contribution is -2.54. The van der Waals surface area contributed by atoms with Gasteiger partial charge in [-0.2, -0.15) is 26.3 Å². The smallest absolute Gasteiger partial charge is 0.404 e. The van der Waals surface area contributed by atoms with Gasteiger partial charge in [0, 0.05) is 6.21 Å². The Kier molecular flexibility index (Phi) is 19.9. The molecule has 22 heteroatoms. The Hall–Kier alpha value is -2.70. The highest BCUT2D eigenvalue weighted by Gasteiger charge is 2.69. The lowest BCUT2D eigenvalue weighted by molar-refractivity contribution is -0.204. The number of ether oxygens (including phenoxy) is 2. The number of esters is 2. The molecule has 0 amide bonds. The maximum atomic E-state index is 15.3. The third-order valence-electron chi connectivity index (χ3n) is 15.9. The molecule has 424 valence electrons. The number of aliphatic imine (C=N–C) groups is 2. The standard InChI is InChI=1S/2C28H27BrCl3F4NO2/c2*1-13(2)17-6-4-14(3)8-22(17)39-26(38)23-25(15-5-7-21(33)18(29)9-15)37-12-27(23,28(34,35)36)16-10-19(30)24(32)20(31)11-16/h5,7,9-11,13-14,17,22-23H,4,6,8,12H2,1-3H3;5,7,9-14,17,22-23,25H,4,6,8H2,1-3H3/t14-,17+,22-,23?,27?;14-,17+,22-,23?,25?,27?/m11/s1. The van der Waals surface area contributed by atoms with E-state index < -0.39 is 83.4 Å². The predicted molar refractivity (Wildman–Crippen MR) is 299 cm³/mol. The van der Waals surface area contributed by atoms with Crippen LogP contribution in [0.5, 0.6) is 0 Å². The Bertz CT molecular complexity index is 2940. The van der Waals surface area contributed by atoms with Crippen LogP contribution >= 0.6 is 101 Å². The molecule has 2 heterocycles.